The van der Waals surface area contributed by atoms with Crippen molar-refractivity contribution in [3.8, 4) is 0 Å². The smallest absolute Gasteiger partial charge is 0.271 e. The van der Waals surface area contributed by atoms with E-state index >= 15 is 0 Å². The molecule has 0 bridgehead atoms. The SMILES string of the molecule is CC.CCCCCC1CN(CC(=O)N2CCC(CC(C)C)C2)C(=O)C2=CC(c3ccc(C)cc3)NN21. The van der Waals surface area contributed by atoms with Crippen molar-refractivity contribution >= 4 is 11.8 Å². The van der Waals surface area contributed by atoms with Crippen LogP contribution in [0, 0.1) is 18.8 Å². The van der Waals surface area contributed by atoms with Crippen LogP contribution in [0.3, 0.4) is 0 Å². The number of benzene rings is 1. The zero-order valence-corrected chi connectivity index (χ0v) is 23.4. The molecule has 0 saturated carbocycles. The number of piperazine rings is 1. The second-order valence-electron chi connectivity index (χ2n) is 10.9. The lowest BCUT2D eigenvalue weighted by atomic mass is 9.97. The van der Waals surface area contributed by atoms with Crippen LogP contribution in [0.2, 0.25) is 0 Å². The summed E-state index contributed by atoms with van der Waals surface area (Å²) in [5.41, 5.74) is 6.67. The number of carbonyl (C=O) groups excluding carboxylic acids is 2. The van der Waals surface area contributed by atoms with Crippen LogP contribution in [0.15, 0.2) is 36.0 Å². The molecule has 2 fully saturated rings. The minimum Gasteiger partial charge on any atom is -0.341 e. The van der Waals surface area contributed by atoms with Crippen molar-refractivity contribution in [3.05, 3.63) is 47.2 Å². The van der Waals surface area contributed by atoms with Crippen LogP contribution in [-0.2, 0) is 9.59 Å². The van der Waals surface area contributed by atoms with E-state index in [1.807, 2.05) is 24.8 Å². The molecule has 1 N–H and O–H groups in total. The maximum atomic E-state index is 13.5. The van der Waals surface area contributed by atoms with Gasteiger partial charge in [-0.25, -0.2) is 5.43 Å². The van der Waals surface area contributed by atoms with E-state index in [1.165, 1.54) is 24.8 Å². The summed E-state index contributed by atoms with van der Waals surface area (Å²) >= 11 is 0. The Bertz CT molecular complexity index is 895. The number of rotatable bonds is 9. The average Bonchev–Trinajstić information content (AvgIpc) is 3.51. The number of hydrazine groups is 1. The van der Waals surface area contributed by atoms with Crippen LogP contribution in [0.5, 0.6) is 0 Å². The molecule has 0 aliphatic carbocycles. The van der Waals surface area contributed by atoms with Crippen molar-refractivity contribution in [3.63, 3.8) is 0 Å². The Morgan fingerprint density at radius 2 is 1.83 bits per heavy atom. The number of hydrogen-bond acceptors (Lipinski definition) is 4. The molecular formula is C30H48N4O2. The summed E-state index contributed by atoms with van der Waals surface area (Å²) in [5, 5.41) is 2.10. The number of hydrogen-bond donors (Lipinski definition) is 1. The first-order valence-electron chi connectivity index (χ1n) is 14.3. The summed E-state index contributed by atoms with van der Waals surface area (Å²) in [6.45, 7) is 15.2. The number of aryl methyl sites for hydroxylation is 1. The molecule has 0 radical (unpaired) electrons. The zero-order chi connectivity index (χ0) is 26.2. The number of nitrogens with one attached hydrogen (secondary N) is 1. The van der Waals surface area contributed by atoms with E-state index in [0.717, 1.165) is 37.9 Å². The number of likely N-dealkylation sites (tertiary alicyclic amines) is 1. The first kappa shape index (κ1) is 28.2. The van der Waals surface area contributed by atoms with Crippen LogP contribution < -0.4 is 5.43 Å². The highest BCUT2D eigenvalue weighted by atomic mass is 16.2. The normalized spacial score (nSPS) is 23.5. The molecule has 4 rings (SSSR count). The van der Waals surface area contributed by atoms with Crippen LogP contribution in [0.25, 0.3) is 0 Å². The Morgan fingerprint density at radius 3 is 2.50 bits per heavy atom. The first-order valence-corrected chi connectivity index (χ1v) is 14.3. The highest BCUT2D eigenvalue weighted by Gasteiger charge is 2.41. The third-order valence-electron chi connectivity index (χ3n) is 7.51. The van der Waals surface area contributed by atoms with E-state index in [9.17, 15) is 9.59 Å². The topological polar surface area (TPSA) is 55.9 Å². The second kappa shape index (κ2) is 13.3. The van der Waals surface area contributed by atoms with Crippen molar-refractivity contribution in [1.29, 1.82) is 0 Å². The molecule has 200 valence electrons. The van der Waals surface area contributed by atoms with Gasteiger partial charge in [-0.3, -0.25) is 14.6 Å². The van der Waals surface area contributed by atoms with Crippen molar-refractivity contribution in [2.75, 3.05) is 26.2 Å². The van der Waals surface area contributed by atoms with Crippen LogP contribution in [-0.4, -0.2) is 58.8 Å². The van der Waals surface area contributed by atoms with Crippen molar-refractivity contribution in [2.24, 2.45) is 11.8 Å². The van der Waals surface area contributed by atoms with Crippen LogP contribution >= 0.6 is 0 Å². The Balaban J connectivity index is 0.00000176. The maximum absolute atomic E-state index is 13.5. The predicted octanol–water partition coefficient (Wildman–Crippen LogP) is 5.45. The molecule has 36 heavy (non-hydrogen) atoms. The van der Waals surface area contributed by atoms with Crippen molar-refractivity contribution in [2.45, 2.75) is 92.2 Å². The molecule has 3 aliphatic heterocycles. The number of nitrogens with zero attached hydrogens (tertiary/aromatic N) is 3. The van der Waals surface area contributed by atoms with Gasteiger partial charge in [-0.15, -0.1) is 0 Å². The van der Waals surface area contributed by atoms with Gasteiger partial charge in [-0.1, -0.05) is 83.7 Å². The summed E-state index contributed by atoms with van der Waals surface area (Å²) in [6.07, 6.45) is 8.78. The molecular weight excluding hydrogens is 448 g/mol. The Morgan fingerprint density at radius 1 is 1.11 bits per heavy atom. The second-order valence-corrected chi connectivity index (χ2v) is 10.9. The fourth-order valence-electron chi connectivity index (χ4n) is 5.66. The molecule has 0 spiro atoms. The minimum absolute atomic E-state index is 0.0146. The molecule has 1 aromatic rings. The van der Waals surface area contributed by atoms with Gasteiger partial charge < -0.3 is 9.80 Å². The first-order chi connectivity index (χ1) is 17.4. The fourth-order valence-corrected chi connectivity index (χ4v) is 5.66. The van der Waals surface area contributed by atoms with Gasteiger partial charge >= 0.3 is 0 Å². The average molecular weight is 497 g/mol. The van der Waals surface area contributed by atoms with Crippen molar-refractivity contribution < 1.29 is 9.59 Å². The zero-order valence-electron chi connectivity index (χ0n) is 23.4. The van der Waals surface area contributed by atoms with E-state index in [-0.39, 0.29) is 30.4 Å². The molecule has 6 heteroatoms. The molecule has 0 aromatic heterocycles. The number of carbonyl (C=O) groups is 2. The van der Waals surface area contributed by atoms with Crippen LogP contribution in [0.4, 0.5) is 0 Å². The standard InChI is InChI=1S/C28H42N4O2.C2H6/c1-5-6-7-8-24-18-31(19-27(33)30-14-13-22(17-30)15-20(2)3)28(34)26-16-25(29-32(24)26)23-11-9-21(4)10-12-23;1-2/h9-12,16,20,22,24-25,29H,5-8,13-15,17-19H2,1-4H3;1-2H3. The third kappa shape index (κ3) is 6.90. The quantitative estimate of drug-likeness (QED) is 0.462. The van der Waals surface area contributed by atoms with E-state index in [0.29, 0.717) is 24.1 Å². The minimum atomic E-state index is -0.0277. The number of fused-ring (bicyclic) bond motifs is 1. The van der Waals surface area contributed by atoms with Gasteiger partial charge in [0.2, 0.25) is 5.91 Å². The van der Waals surface area contributed by atoms with E-state index < -0.39 is 0 Å². The van der Waals surface area contributed by atoms with Gasteiger partial charge in [0.1, 0.15) is 12.2 Å². The van der Waals surface area contributed by atoms with Gasteiger partial charge in [0.25, 0.3) is 5.91 Å². The summed E-state index contributed by atoms with van der Waals surface area (Å²) in [6, 6.07) is 8.65. The maximum Gasteiger partial charge on any atom is 0.271 e. The molecule has 3 unspecified atom stereocenters. The lowest BCUT2D eigenvalue weighted by Gasteiger charge is -2.41. The Labute approximate surface area is 219 Å². The fraction of sp³-hybridized carbons (Fsp3) is 0.667. The summed E-state index contributed by atoms with van der Waals surface area (Å²) in [7, 11) is 0. The third-order valence-corrected chi connectivity index (χ3v) is 7.51. The van der Waals surface area contributed by atoms with Crippen molar-refractivity contribution in [1.82, 2.24) is 20.2 Å². The molecule has 3 heterocycles. The van der Waals surface area contributed by atoms with Gasteiger partial charge in [-0.05, 0) is 49.7 Å². The van der Waals surface area contributed by atoms with Gasteiger partial charge in [0, 0.05) is 19.6 Å². The lowest BCUT2D eigenvalue weighted by molar-refractivity contribution is -0.142. The summed E-state index contributed by atoms with van der Waals surface area (Å²) in [4.78, 5) is 30.4. The molecule has 6 nitrogen and oxygen atoms in total. The van der Waals surface area contributed by atoms with Crippen LogP contribution in [0.1, 0.15) is 90.3 Å². The number of unbranched alkanes of at least 4 members (excludes halogenated alkanes) is 2. The van der Waals surface area contributed by atoms with E-state index in [4.69, 9.17) is 0 Å². The van der Waals surface area contributed by atoms with E-state index in [2.05, 4.69) is 62.4 Å². The van der Waals surface area contributed by atoms with Gasteiger partial charge in [0.05, 0.1) is 12.1 Å². The highest BCUT2D eigenvalue weighted by Crippen LogP contribution is 2.32. The summed E-state index contributed by atoms with van der Waals surface area (Å²) < 4.78 is 0. The molecule has 2 saturated heterocycles. The van der Waals surface area contributed by atoms with Gasteiger partial charge in [-0.2, -0.15) is 0 Å². The lowest BCUT2D eigenvalue weighted by Crippen LogP contribution is -2.58. The molecule has 1 aromatic carbocycles. The molecule has 3 aliphatic rings. The van der Waals surface area contributed by atoms with E-state index in [1.54, 1.807) is 4.90 Å². The molecule has 2 amide bonds. The Kier molecular flexibility index (Phi) is 10.4. The van der Waals surface area contributed by atoms with Gasteiger partial charge in [0.15, 0.2) is 0 Å². The monoisotopic (exact) mass is 496 g/mol. The summed E-state index contributed by atoms with van der Waals surface area (Å²) in [5.74, 6) is 1.32. The highest BCUT2D eigenvalue weighted by molar-refractivity contribution is 5.96. The number of amides is 2. The largest absolute Gasteiger partial charge is 0.341 e. The molecule has 3 atom stereocenters. The predicted molar refractivity (Wildman–Crippen MR) is 147 cm³/mol. The Hall–Kier alpha value is -2.34.